The fourth-order valence-electron chi connectivity index (χ4n) is 2.39. The van der Waals surface area contributed by atoms with E-state index in [9.17, 15) is 4.79 Å². The summed E-state index contributed by atoms with van der Waals surface area (Å²) >= 11 is 0. The van der Waals surface area contributed by atoms with E-state index in [1.807, 2.05) is 38.4 Å². The van der Waals surface area contributed by atoms with Gasteiger partial charge in [0.15, 0.2) is 0 Å². The van der Waals surface area contributed by atoms with Gasteiger partial charge in [0, 0.05) is 37.8 Å². The number of fused-ring (bicyclic) bond motifs is 1. The average Bonchev–Trinajstić information content (AvgIpc) is 2.80. The molecule has 1 aliphatic rings. The SMILES string of the molecule is CN1Cc2cc(-c3cc(N)nn3C)ccc2C1=O. The molecule has 2 N–H and O–H groups in total. The van der Waals surface area contributed by atoms with Gasteiger partial charge < -0.3 is 10.6 Å². The summed E-state index contributed by atoms with van der Waals surface area (Å²) in [7, 11) is 3.67. The predicted molar refractivity (Wildman–Crippen MR) is 68.9 cm³/mol. The number of hydrogen-bond donors (Lipinski definition) is 1. The Morgan fingerprint density at radius 1 is 1.28 bits per heavy atom. The van der Waals surface area contributed by atoms with Crippen molar-refractivity contribution in [3.8, 4) is 11.3 Å². The molecule has 1 aliphatic heterocycles. The van der Waals surface area contributed by atoms with E-state index in [1.165, 1.54) is 0 Å². The monoisotopic (exact) mass is 242 g/mol. The first kappa shape index (κ1) is 10.8. The Morgan fingerprint density at radius 2 is 2.06 bits per heavy atom. The zero-order chi connectivity index (χ0) is 12.9. The van der Waals surface area contributed by atoms with Crippen LogP contribution in [-0.2, 0) is 13.6 Å². The van der Waals surface area contributed by atoms with Crippen LogP contribution in [-0.4, -0.2) is 27.6 Å². The first-order chi connectivity index (χ1) is 8.56. The van der Waals surface area contributed by atoms with Crippen LogP contribution in [0.15, 0.2) is 24.3 Å². The average molecular weight is 242 g/mol. The molecule has 0 unspecified atom stereocenters. The van der Waals surface area contributed by atoms with Crippen LogP contribution >= 0.6 is 0 Å². The summed E-state index contributed by atoms with van der Waals surface area (Å²) in [5, 5.41) is 4.13. The molecule has 0 aliphatic carbocycles. The number of nitrogens with two attached hydrogens (primary N) is 1. The standard InChI is InChI=1S/C13H14N4O/c1-16-7-9-5-8(3-4-10(9)13(16)18)11-6-12(14)15-17(11)2/h3-6H,7H2,1-2H3,(H2,14,15). The fraction of sp³-hybridized carbons (Fsp3) is 0.231. The summed E-state index contributed by atoms with van der Waals surface area (Å²) in [4.78, 5) is 13.5. The van der Waals surface area contributed by atoms with Gasteiger partial charge in [-0.25, -0.2) is 0 Å². The molecule has 3 rings (SSSR count). The largest absolute Gasteiger partial charge is 0.382 e. The molecule has 0 atom stereocenters. The van der Waals surface area contributed by atoms with Crippen LogP contribution in [0.1, 0.15) is 15.9 Å². The number of carbonyl (C=O) groups is 1. The Balaban J connectivity index is 2.10. The molecule has 0 bridgehead atoms. The lowest BCUT2D eigenvalue weighted by Gasteiger charge is -2.04. The van der Waals surface area contributed by atoms with Gasteiger partial charge in [-0.3, -0.25) is 9.48 Å². The van der Waals surface area contributed by atoms with Crippen LogP contribution in [0.5, 0.6) is 0 Å². The fourth-order valence-corrected chi connectivity index (χ4v) is 2.39. The van der Waals surface area contributed by atoms with Gasteiger partial charge in [-0.05, 0) is 17.7 Å². The van der Waals surface area contributed by atoms with Crippen LogP contribution in [0.4, 0.5) is 5.82 Å². The number of aryl methyl sites for hydroxylation is 1. The Kier molecular flexibility index (Phi) is 2.16. The second-order valence-corrected chi connectivity index (χ2v) is 4.61. The minimum Gasteiger partial charge on any atom is -0.382 e. The summed E-state index contributed by atoms with van der Waals surface area (Å²) in [5.74, 6) is 0.585. The van der Waals surface area contributed by atoms with Crippen molar-refractivity contribution in [2.45, 2.75) is 6.54 Å². The molecule has 0 radical (unpaired) electrons. The van der Waals surface area contributed by atoms with Gasteiger partial charge in [0.25, 0.3) is 5.91 Å². The van der Waals surface area contributed by atoms with Crippen LogP contribution in [0.25, 0.3) is 11.3 Å². The maximum atomic E-state index is 11.8. The molecular weight excluding hydrogens is 228 g/mol. The first-order valence-corrected chi connectivity index (χ1v) is 5.74. The van der Waals surface area contributed by atoms with E-state index in [-0.39, 0.29) is 5.91 Å². The highest BCUT2D eigenvalue weighted by atomic mass is 16.2. The van der Waals surface area contributed by atoms with E-state index in [2.05, 4.69) is 5.10 Å². The summed E-state index contributed by atoms with van der Waals surface area (Å²) in [6.45, 7) is 0.662. The van der Waals surface area contributed by atoms with Gasteiger partial charge in [-0.2, -0.15) is 5.10 Å². The van der Waals surface area contributed by atoms with Gasteiger partial charge in [-0.1, -0.05) is 6.07 Å². The normalized spacial score (nSPS) is 14.1. The molecule has 92 valence electrons. The van der Waals surface area contributed by atoms with Crippen LogP contribution in [0.3, 0.4) is 0 Å². The van der Waals surface area contributed by atoms with Crippen molar-refractivity contribution in [2.24, 2.45) is 7.05 Å². The topological polar surface area (TPSA) is 64.2 Å². The minimum absolute atomic E-state index is 0.0843. The third kappa shape index (κ3) is 1.48. The quantitative estimate of drug-likeness (QED) is 0.818. The van der Waals surface area contributed by atoms with E-state index in [4.69, 9.17) is 5.73 Å². The number of aromatic nitrogens is 2. The van der Waals surface area contributed by atoms with Crippen LogP contribution < -0.4 is 5.73 Å². The highest BCUT2D eigenvalue weighted by Crippen LogP contribution is 2.28. The van der Waals surface area contributed by atoms with Crippen molar-refractivity contribution in [2.75, 3.05) is 12.8 Å². The van der Waals surface area contributed by atoms with E-state index >= 15 is 0 Å². The van der Waals surface area contributed by atoms with Crippen molar-refractivity contribution in [1.82, 2.24) is 14.7 Å². The maximum absolute atomic E-state index is 11.8. The molecule has 18 heavy (non-hydrogen) atoms. The summed E-state index contributed by atoms with van der Waals surface area (Å²) < 4.78 is 1.75. The molecule has 1 amide bonds. The van der Waals surface area contributed by atoms with Gasteiger partial charge >= 0.3 is 0 Å². The molecule has 1 aromatic heterocycles. The van der Waals surface area contributed by atoms with Gasteiger partial charge in [-0.15, -0.1) is 0 Å². The number of amides is 1. The van der Waals surface area contributed by atoms with Crippen molar-refractivity contribution in [1.29, 1.82) is 0 Å². The molecule has 5 nitrogen and oxygen atoms in total. The van der Waals surface area contributed by atoms with Crippen LogP contribution in [0.2, 0.25) is 0 Å². The minimum atomic E-state index is 0.0843. The molecule has 0 spiro atoms. The lowest BCUT2D eigenvalue weighted by molar-refractivity contribution is 0.0816. The Bertz CT molecular complexity index is 644. The smallest absolute Gasteiger partial charge is 0.254 e. The third-order valence-electron chi connectivity index (χ3n) is 3.28. The second-order valence-electron chi connectivity index (χ2n) is 4.61. The van der Waals surface area contributed by atoms with Crippen molar-refractivity contribution in [3.63, 3.8) is 0 Å². The Labute approximate surface area is 105 Å². The zero-order valence-electron chi connectivity index (χ0n) is 10.3. The number of anilines is 1. The molecule has 2 aromatic rings. The number of nitrogens with zero attached hydrogens (tertiary/aromatic N) is 3. The molecule has 0 fully saturated rings. The summed E-state index contributed by atoms with van der Waals surface area (Å²) in [5.41, 5.74) is 9.51. The number of hydrogen-bond acceptors (Lipinski definition) is 3. The van der Waals surface area contributed by atoms with E-state index in [1.54, 1.807) is 9.58 Å². The predicted octanol–water partition coefficient (Wildman–Crippen LogP) is 1.25. The Hall–Kier alpha value is -2.30. The van der Waals surface area contributed by atoms with Crippen molar-refractivity contribution < 1.29 is 4.79 Å². The highest BCUT2D eigenvalue weighted by Gasteiger charge is 2.24. The molecule has 0 saturated carbocycles. The molecule has 5 heteroatoms. The third-order valence-corrected chi connectivity index (χ3v) is 3.28. The van der Waals surface area contributed by atoms with Gasteiger partial charge in [0.2, 0.25) is 0 Å². The lowest BCUT2D eigenvalue weighted by Crippen LogP contribution is -2.17. The molecular formula is C13H14N4O. The summed E-state index contributed by atoms with van der Waals surface area (Å²) in [6.07, 6.45) is 0. The second kappa shape index (κ2) is 3.60. The summed E-state index contributed by atoms with van der Waals surface area (Å²) in [6, 6.07) is 7.68. The first-order valence-electron chi connectivity index (χ1n) is 5.74. The van der Waals surface area contributed by atoms with Gasteiger partial charge in [0.05, 0.1) is 5.69 Å². The molecule has 1 aromatic carbocycles. The zero-order valence-corrected chi connectivity index (χ0v) is 10.3. The van der Waals surface area contributed by atoms with E-state index in [0.717, 1.165) is 22.4 Å². The van der Waals surface area contributed by atoms with Crippen LogP contribution in [0, 0.1) is 0 Å². The molecule has 2 heterocycles. The number of carbonyl (C=O) groups excluding carboxylic acids is 1. The van der Waals surface area contributed by atoms with Gasteiger partial charge in [0.1, 0.15) is 5.82 Å². The highest BCUT2D eigenvalue weighted by molar-refractivity contribution is 5.98. The number of nitrogen functional groups attached to an aromatic ring is 1. The lowest BCUT2D eigenvalue weighted by atomic mass is 10.0. The number of benzene rings is 1. The number of rotatable bonds is 1. The molecule has 0 saturated heterocycles. The Morgan fingerprint density at radius 3 is 2.72 bits per heavy atom. The van der Waals surface area contributed by atoms with E-state index < -0.39 is 0 Å². The van der Waals surface area contributed by atoms with Crippen molar-refractivity contribution >= 4 is 11.7 Å². The van der Waals surface area contributed by atoms with E-state index in [0.29, 0.717) is 12.4 Å². The maximum Gasteiger partial charge on any atom is 0.254 e. The van der Waals surface area contributed by atoms with Crippen molar-refractivity contribution in [3.05, 3.63) is 35.4 Å².